The summed E-state index contributed by atoms with van der Waals surface area (Å²) in [6, 6.07) is 2.57. The molecule has 70 valence electrons. The van der Waals surface area contributed by atoms with Crippen molar-refractivity contribution in [1.82, 2.24) is 4.98 Å². The van der Waals surface area contributed by atoms with Gasteiger partial charge in [-0.15, -0.1) is 0 Å². The number of carbonyl (C=O) groups is 1. The fourth-order valence-corrected chi connectivity index (χ4v) is 0.572. The van der Waals surface area contributed by atoms with E-state index in [4.69, 9.17) is 0 Å². The van der Waals surface area contributed by atoms with Gasteiger partial charge in [0.05, 0.1) is 6.20 Å². The van der Waals surface area contributed by atoms with Crippen LogP contribution in [0.2, 0.25) is 0 Å². The summed E-state index contributed by atoms with van der Waals surface area (Å²) in [5, 5.41) is 0. The number of esters is 1. The molecular formula is C7H4F3NO2. The number of alkyl halides is 3. The van der Waals surface area contributed by atoms with Crippen LogP contribution in [0.1, 0.15) is 0 Å². The number of rotatable bonds is 1. The lowest BCUT2D eigenvalue weighted by Gasteiger charge is -2.05. The van der Waals surface area contributed by atoms with Gasteiger partial charge in [0.15, 0.2) is 0 Å². The molecule has 0 aliphatic carbocycles. The molecule has 1 aromatic heterocycles. The summed E-state index contributed by atoms with van der Waals surface area (Å²) in [5.74, 6) is -2.48. The topological polar surface area (TPSA) is 39.2 Å². The van der Waals surface area contributed by atoms with E-state index in [9.17, 15) is 18.0 Å². The Balaban J connectivity index is 2.66. The average Bonchev–Trinajstić information content (AvgIpc) is 2.04. The molecule has 0 saturated carbocycles. The second kappa shape index (κ2) is 3.42. The monoisotopic (exact) mass is 191 g/mol. The normalized spacial score (nSPS) is 11.0. The zero-order valence-corrected chi connectivity index (χ0v) is 6.21. The van der Waals surface area contributed by atoms with Gasteiger partial charge in [-0.05, 0) is 12.1 Å². The first-order chi connectivity index (χ1) is 6.00. The molecule has 1 heterocycles. The number of hydrogen-bond acceptors (Lipinski definition) is 3. The molecule has 6 heteroatoms. The predicted octanol–water partition coefficient (Wildman–Crippen LogP) is 1.55. The number of pyridine rings is 1. The first-order valence-electron chi connectivity index (χ1n) is 3.19. The summed E-state index contributed by atoms with van der Waals surface area (Å²) >= 11 is 0. The molecule has 0 saturated heterocycles. The van der Waals surface area contributed by atoms with Crippen molar-refractivity contribution < 1.29 is 22.7 Å². The molecule has 1 rings (SSSR count). The Morgan fingerprint density at radius 1 is 1.46 bits per heavy atom. The van der Waals surface area contributed by atoms with Crippen molar-refractivity contribution in [2.75, 3.05) is 0 Å². The Morgan fingerprint density at radius 3 is 2.62 bits per heavy atom. The zero-order chi connectivity index (χ0) is 9.90. The first-order valence-corrected chi connectivity index (χ1v) is 3.19. The minimum Gasteiger partial charge on any atom is -0.418 e. The van der Waals surface area contributed by atoms with E-state index in [1.807, 2.05) is 0 Å². The van der Waals surface area contributed by atoms with E-state index in [0.717, 1.165) is 6.20 Å². The molecule has 0 aromatic carbocycles. The maximum Gasteiger partial charge on any atom is 0.491 e. The summed E-state index contributed by atoms with van der Waals surface area (Å²) < 4.78 is 38.9. The van der Waals surface area contributed by atoms with Crippen LogP contribution in [0.3, 0.4) is 0 Å². The van der Waals surface area contributed by atoms with Gasteiger partial charge in [0.1, 0.15) is 5.75 Å². The lowest BCUT2D eigenvalue weighted by molar-refractivity contribution is -0.189. The fourth-order valence-electron chi connectivity index (χ4n) is 0.572. The van der Waals surface area contributed by atoms with Crippen molar-refractivity contribution in [1.29, 1.82) is 0 Å². The molecule has 0 atom stereocenters. The highest BCUT2D eigenvalue weighted by Crippen LogP contribution is 2.18. The van der Waals surface area contributed by atoms with Crippen LogP contribution in [0.5, 0.6) is 5.75 Å². The van der Waals surface area contributed by atoms with E-state index in [1.54, 1.807) is 0 Å². The van der Waals surface area contributed by atoms with Gasteiger partial charge in [0.25, 0.3) is 0 Å². The van der Waals surface area contributed by atoms with Crippen LogP contribution in [0.15, 0.2) is 24.5 Å². The second-order valence-electron chi connectivity index (χ2n) is 2.08. The van der Waals surface area contributed by atoms with Crippen molar-refractivity contribution in [3.05, 3.63) is 24.5 Å². The Labute approximate surface area is 71.2 Å². The third-order valence-electron chi connectivity index (χ3n) is 1.08. The van der Waals surface area contributed by atoms with Crippen molar-refractivity contribution in [3.8, 4) is 5.75 Å². The zero-order valence-electron chi connectivity index (χ0n) is 6.21. The van der Waals surface area contributed by atoms with Gasteiger partial charge in [0, 0.05) is 6.20 Å². The first kappa shape index (κ1) is 9.50. The van der Waals surface area contributed by atoms with Crippen molar-refractivity contribution >= 4 is 5.97 Å². The van der Waals surface area contributed by atoms with Crippen LogP contribution >= 0.6 is 0 Å². The van der Waals surface area contributed by atoms with Gasteiger partial charge in [-0.1, -0.05) is 0 Å². The summed E-state index contributed by atoms with van der Waals surface area (Å²) in [7, 11) is 0. The third kappa shape index (κ3) is 2.73. The minimum absolute atomic E-state index is 0.232. The Kier molecular flexibility index (Phi) is 2.50. The molecule has 0 bridgehead atoms. The summed E-state index contributed by atoms with van der Waals surface area (Å²) in [6.07, 6.45) is -2.61. The Bertz CT molecular complexity index is 296. The molecule has 0 N–H and O–H groups in total. The predicted molar refractivity (Wildman–Crippen MR) is 35.9 cm³/mol. The average molecular weight is 191 g/mol. The number of aromatic nitrogens is 1. The van der Waals surface area contributed by atoms with Crippen LogP contribution in [0, 0.1) is 0 Å². The molecule has 1 aromatic rings. The van der Waals surface area contributed by atoms with Crippen molar-refractivity contribution in [2.45, 2.75) is 6.18 Å². The molecule has 13 heavy (non-hydrogen) atoms. The van der Waals surface area contributed by atoms with E-state index in [1.165, 1.54) is 18.3 Å². The smallest absolute Gasteiger partial charge is 0.418 e. The Morgan fingerprint density at radius 2 is 2.15 bits per heavy atom. The van der Waals surface area contributed by atoms with Crippen LogP contribution < -0.4 is 4.74 Å². The number of hydrogen-bond donors (Lipinski definition) is 0. The quantitative estimate of drug-likeness (QED) is 0.632. The SMILES string of the molecule is O=C(Oc1cccnc1)C(F)(F)F. The maximum absolute atomic E-state index is 11.6. The van der Waals surface area contributed by atoms with Gasteiger partial charge in [-0.25, -0.2) is 4.79 Å². The number of carbonyl (C=O) groups excluding carboxylic acids is 1. The van der Waals surface area contributed by atoms with Crippen molar-refractivity contribution in [3.63, 3.8) is 0 Å². The molecule has 0 aliphatic rings. The number of nitrogens with zero attached hydrogens (tertiary/aromatic N) is 1. The summed E-state index contributed by atoms with van der Waals surface area (Å²) in [4.78, 5) is 13.7. The third-order valence-corrected chi connectivity index (χ3v) is 1.08. The summed E-state index contributed by atoms with van der Waals surface area (Å²) in [5.41, 5.74) is 0. The molecule has 0 amide bonds. The van der Waals surface area contributed by atoms with Crippen LogP contribution in [0.25, 0.3) is 0 Å². The molecule has 3 nitrogen and oxygen atoms in total. The highest BCUT2D eigenvalue weighted by atomic mass is 19.4. The van der Waals surface area contributed by atoms with E-state index in [-0.39, 0.29) is 5.75 Å². The van der Waals surface area contributed by atoms with Crippen LogP contribution in [-0.2, 0) is 4.79 Å². The summed E-state index contributed by atoms with van der Waals surface area (Å²) in [6.45, 7) is 0. The van der Waals surface area contributed by atoms with Gasteiger partial charge in [-0.3, -0.25) is 4.98 Å². The van der Waals surface area contributed by atoms with Crippen molar-refractivity contribution in [2.24, 2.45) is 0 Å². The van der Waals surface area contributed by atoms with Crippen LogP contribution in [-0.4, -0.2) is 17.1 Å². The molecule has 0 spiro atoms. The minimum atomic E-state index is -4.98. The van der Waals surface area contributed by atoms with Crippen LogP contribution in [0.4, 0.5) is 13.2 Å². The molecule has 0 radical (unpaired) electrons. The van der Waals surface area contributed by atoms with E-state index < -0.39 is 12.1 Å². The lowest BCUT2D eigenvalue weighted by atomic mass is 10.5. The molecule has 0 unspecified atom stereocenters. The van der Waals surface area contributed by atoms with E-state index in [0.29, 0.717) is 0 Å². The van der Waals surface area contributed by atoms with E-state index in [2.05, 4.69) is 9.72 Å². The largest absolute Gasteiger partial charge is 0.491 e. The molecule has 0 fully saturated rings. The number of halogens is 3. The molecular weight excluding hydrogens is 187 g/mol. The highest BCUT2D eigenvalue weighted by Gasteiger charge is 2.41. The molecule has 0 aliphatic heterocycles. The second-order valence-corrected chi connectivity index (χ2v) is 2.08. The van der Waals surface area contributed by atoms with Gasteiger partial charge >= 0.3 is 12.1 Å². The standard InChI is InChI=1S/C7H4F3NO2/c8-7(9,10)6(12)13-5-2-1-3-11-4-5/h1-4H. The number of ether oxygens (including phenoxy) is 1. The van der Waals surface area contributed by atoms with Gasteiger partial charge in [0.2, 0.25) is 0 Å². The lowest BCUT2D eigenvalue weighted by Crippen LogP contribution is -2.27. The van der Waals surface area contributed by atoms with Gasteiger partial charge in [-0.2, -0.15) is 13.2 Å². The maximum atomic E-state index is 11.6. The highest BCUT2D eigenvalue weighted by molar-refractivity contribution is 5.77. The fraction of sp³-hybridized carbons (Fsp3) is 0.143. The van der Waals surface area contributed by atoms with E-state index >= 15 is 0 Å². The van der Waals surface area contributed by atoms with Gasteiger partial charge < -0.3 is 4.74 Å². The Hall–Kier alpha value is -1.59.